The maximum absolute atomic E-state index is 11.0. The third-order valence-corrected chi connectivity index (χ3v) is 5.92. The molecule has 3 rings (SSSR count). The third kappa shape index (κ3) is 2.92. The van der Waals surface area contributed by atoms with Crippen molar-refractivity contribution in [2.75, 3.05) is 0 Å². The van der Waals surface area contributed by atoms with E-state index in [0.29, 0.717) is 0 Å². The fraction of sp³-hybridized carbons (Fsp3) is 1.00. The van der Waals surface area contributed by atoms with Crippen molar-refractivity contribution >= 4 is 0 Å². The summed E-state index contributed by atoms with van der Waals surface area (Å²) in [5.74, 6) is 0.796. The molecule has 0 amide bonds. The van der Waals surface area contributed by atoms with Gasteiger partial charge in [0.2, 0.25) is 0 Å². The lowest BCUT2D eigenvalue weighted by Crippen LogP contribution is -2.64. The first-order valence-electron chi connectivity index (χ1n) is 9.16. The molecule has 0 atom stereocenters. The van der Waals surface area contributed by atoms with Gasteiger partial charge in [0.25, 0.3) is 0 Å². The van der Waals surface area contributed by atoms with Crippen molar-refractivity contribution in [2.24, 2.45) is 5.92 Å². The molecule has 0 aromatic rings. The number of piperidine rings is 1. The molecule has 20 heavy (non-hydrogen) atoms. The van der Waals surface area contributed by atoms with Gasteiger partial charge in [0.1, 0.15) is 0 Å². The average Bonchev–Trinajstić information content (AvgIpc) is 2.49. The van der Waals surface area contributed by atoms with Crippen molar-refractivity contribution < 1.29 is 5.21 Å². The zero-order valence-electron chi connectivity index (χ0n) is 14.0. The topological polar surface area (TPSA) is 23.5 Å². The Kier molecular flexibility index (Phi) is 5.53. The van der Waals surface area contributed by atoms with E-state index in [-0.39, 0.29) is 11.1 Å². The van der Waals surface area contributed by atoms with Gasteiger partial charge < -0.3 is 5.21 Å². The number of hydrogen-bond donors (Lipinski definition) is 1. The number of hydrogen-bond acceptors (Lipinski definition) is 2. The Balaban J connectivity index is 0.000000704. The lowest BCUT2D eigenvalue weighted by Gasteiger charge is -2.59. The van der Waals surface area contributed by atoms with Gasteiger partial charge in [-0.3, -0.25) is 0 Å². The number of rotatable bonds is 0. The molecule has 0 aromatic carbocycles. The van der Waals surface area contributed by atoms with Gasteiger partial charge in [0.05, 0.1) is 0 Å². The molecule has 3 fully saturated rings. The summed E-state index contributed by atoms with van der Waals surface area (Å²) in [5, 5.41) is 12.9. The van der Waals surface area contributed by atoms with Crippen LogP contribution in [0.4, 0.5) is 0 Å². The second kappa shape index (κ2) is 6.79. The minimum absolute atomic E-state index is 0.146. The molecule has 0 radical (unpaired) electrons. The predicted octanol–water partition coefficient (Wildman–Crippen LogP) is 5.54. The molecule has 0 unspecified atom stereocenters. The van der Waals surface area contributed by atoms with Gasteiger partial charge in [-0.05, 0) is 44.4 Å². The molecule has 1 N–H and O–H groups in total. The van der Waals surface area contributed by atoms with E-state index >= 15 is 0 Å². The van der Waals surface area contributed by atoms with E-state index in [1.807, 2.05) is 18.9 Å². The molecule has 2 saturated carbocycles. The molecule has 2 heteroatoms. The molecular formula is C18H35NO. The Morgan fingerprint density at radius 1 is 0.750 bits per heavy atom. The maximum atomic E-state index is 11.0. The van der Waals surface area contributed by atoms with Crippen LogP contribution in [0, 0.1) is 5.92 Å². The smallest absolute Gasteiger partial charge is 0.0469 e. The summed E-state index contributed by atoms with van der Waals surface area (Å²) in [6.45, 7) is 6.42. The summed E-state index contributed by atoms with van der Waals surface area (Å²) in [6, 6.07) is 0. The highest BCUT2D eigenvalue weighted by molar-refractivity contribution is 5.05. The Bertz CT molecular complexity index is 262. The lowest BCUT2D eigenvalue weighted by molar-refractivity contribution is -0.285. The summed E-state index contributed by atoms with van der Waals surface area (Å²) >= 11 is 0. The van der Waals surface area contributed by atoms with Crippen LogP contribution in [0.5, 0.6) is 0 Å². The fourth-order valence-corrected chi connectivity index (χ4v) is 5.30. The second-order valence-corrected chi connectivity index (χ2v) is 7.40. The quantitative estimate of drug-likeness (QED) is 0.630. The van der Waals surface area contributed by atoms with Crippen molar-refractivity contribution in [3.05, 3.63) is 0 Å². The summed E-state index contributed by atoms with van der Waals surface area (Å²) in [7, 11) is 0. The standard InChI is InChI=1S/C16H29NO.C2H6/c1-14-12-15(8-4-2-5-9-15)17(18)16(13-14)10-6-3-7-11-16;1-2/h14,18H,2-13H2,1H3;1-2H3. The Hall–Kier alpha value is -0.0800. The van der Waals surface area contributed by atoms with E-state index in [9.17, 15) is 5.21 Å². The zero-order chi connectivity index (χ0) is 14.6. The average molecular weight is 281 g/mol. The van der Waals surface area contributed by atoms with Crippen LogP contribution >= 0.6 is 0 Å². The van der Waals surface area contributed by atoms with E-state index in [1.54, 1.807) is 0 Å². The maximum Gasteiger partial charge on any atom is 0.0469 e. The lowest BCUT2D eigenvalue weighted by atomic mass is 9.64. The Morgan fingerprint density at radius 3 is 1.45 bits per heavy atom. The minimum atomic E-state index is 0.146. The van der Waals surface area contributed by atoms with Crippen LogP contribution in [-0.4, -0.2) is 21.3 Å². The van der Waals surface area contributed by atoms with Crippen molar-refractivity contribution in [2.45, 2.75) is 109 Å². The fourth-order valence-electron chi connectivity index (χ4n) is 5.30. The van der Waals surface area contributed by atoms with Gasteiger partial charge >= 0.3 is 0 Å². The predicted molar refractivity (Wildman–Crippen MR) is 85.0 cm³/mol. The van der Waals surface area contributed by atoms with Crippen LogP contribution in [0.15, 0.2) is 0 Å². The van der Waals surface area contributed by atoms with Gasteiger partial charge in [-0.1, -0.05) is 59.3 Å². The summed E-state index contributed by atoms with van der Waals surface area (Å²) in [6.07, 6.45) is 15.4. The summed E-state index contributed by atoms with van der Waals surface area (Å²) in [5.41, 5.74) is 0.292. The normalized spacial score (nSPS) is 32.7. The van der Waals surface area contributed by atoms with E-state index in [4.69, 9.17) is 0 Å². The van der Waals surface area contributed by atoms with Crippen molar-refractivity contribution in [3.8, 4) is 0 Å². The summed E-state index contributed by atoms with van der Waals surface area (Å²) in [4.78, 5) is 0. The highest BCUT2D eigenvalue weighted by atomic mass is 16.5. The Labute approximate surface area is 125 Å². The molecule has 0 bridgehead atoms. The Morgan fingerprint density at radius 2 is 1.10 bits per heavy atom. The molecule has 2 spiro atoms. The van der Waals surface area contributed by atoms with Gasteiger partial charge in [-0.2, -0.15) is 5.06 Å². The highest BCUT2D eigenvalue weighted by Crippen LogP contribution is 2.51. The molecule has 2 aliphatic carbocycles. The van der Waals surface area contributed by atoms with E-state index in [1.165, 1.54) is 77.0 Å². The zero-order valence-corrected chi connectivity index (χ0v) is 14.0. The van der Waals surface area contributed by atoms with Crippen molar-refractivity contribution in [1.29, 1.82) is 0 Å². The number of nitrogens with zero attached hydrogens (tertiary/aromatic N) is 1. The van der Waals surface area contributed by atoms with Crippen molar-refractivity contribution in [3.63, 3.8) is 0 Å². The minimum Gasteiger partial charge on any atom is -0.313 e. The number of hydroxylamine groups is 2. The molecule has 2 nitrogen and oxygen atoms in total. The molecule has 1 aliphatic heterocycles. The van der Waals surface area contributed by atoms with Gasteiger partial charge in [0.15, 0.2) is 0 Å². The molecule has 1 saturated heterocycles. The van der Waals surface area contributed by atoms with Crippen LogP contribution in [0.1, 0.15) is 97.8 Å². The van der Waals surface area contributed by atoms with Crippen LogP contribution in [0.3, 0.4) is 0 Å². The molecule has 3 aliphatic rings. The van der Waals surface area contributed by atoms with Crippen molar-refractivity contribution in [1.82, 2.24) is 5.06 Å². The van der Waals surface area contributed by atoms with Crippen LogP contribution < -0.4 is 0 Å². The second-order valence-electron chi connectivity index (χ2n) is 7.40. The first kappa shape index (κ1) is 16.3. The summed E-state index contributed by atoms with van der Waals surface area (Å²) < 4.78 is 0. The van der Waals surface area contributed by atoms with Crippen LogP contribution in [0.2, 0.25) is 0 Å². The largest absolute Gasteiger partial charge is 0.313 e. The monoisotopic (exact) mass is 281 g/mol. The van der Waals surface area contributed by atoms with Gasteiger partial charge in [-0.25, -0.2) is 0 Å². The first-order valence-corrected chi connectivity index (χ1v) is 9.16. The van der Waals surface area contributed by atoms with E-state index < -0.39 is 0 Å². The van der Waals surface area contributed by atoms with Gasteiger partial charge in [-0.15, -0.1) is 0 Å². The molecule has 0 aromatic heterocycles. The van der Waals surface area contributed by atoms with Gasteiger partial charge in [0, 0.05) is 11.1 Å². The molecule has 118 valence electrons. The molecular weight excluding hydrogens is 246 g/mol. The van der Waals surface area contributed by atoms with E-state index in [2.05, 4.69) is 6.92 Å². The van der Waals surface area contributed by atoms with E-state index in [0.717, 1.165) is 5.92 Å². The highest BCUT2D eigenvalue weighted by Gasteiger charge is 2.53. The van der Waals surface area contributed by atoms with Crippen LogP contribution in [-0.2, 0) is 0 Å². The molecule has 1 heterocycles. The van der Waals surface area contributed by atoms with Crippen LogP contribution in [0.25, 0.3) is 0 Å². The first-order chi connectivity index (χ1) is 9.67. The SMILES string of the molecule is CC.CC1CC2(CCCCC2)N(O)C2(CCCCC2)C1. The third-order valence-electron chi connectivity index (χ3n) is 5.92.